The van der Waals surface area contributed by atoms with Crippen molar-refractivity contribution in [3.8, 4) is 0 Å². The summed E-state index contributed by atoms with van der Waals surface area (Å²) in [6.45, 7) is 2.87. The lowest BCUT2D eigenvalue weighted by molar-refractivity contribution is 0.686. The molecule has 2 aromatic carbocycles. The Labute approximate surface area is 127 Å². The van der Waals surface area contributed by atoms with Crippen LogP contribution in [0, 0.1) is 6.92 Å². The first kappa shape index (κ1) is 15.1. The first-order valence-electron chi connectivity index (χ1n) is 6.43. The van der Waals surface area contributed by atoms with Gasteiger partial charge in [0.1, 0.15) is 0 Å². The first-order valence-corrected chi connectivity index (χ1v) is 8.53. The largest absolute Gasteiger partial charge is 0.381 e. The minimum Gasteiger partial charge on any atom is -0.381 e. The molecule has 1 atom stereocenters. The van der Waals surface area contributed by atoms with Crippen LogP contribution in [0.25, 0.3) is 0 Å². The summed E-state index contributed by atoms with van der Waals surface area (Å²) < 4.78 is 11.3. The standard InChI is InChI=1S/C16H18ClNOS/c1-12-5-3-4-6-13(12)10-18-15-7-8-16(17)14(9-15)11-20(2)19/h3-9,18H,10-11H2,1-2H3/t20-/m1/s1. The lowest BCUT2D eigenvalue weighted by Gasteiger charge is -2.11. The molecule has 20 heavy (non-hydrogen) atoms. The molecule has 0 saturated carbocycles. The lowest BCUT2D eigenvalue weighted by Crippen LogP contribution is -2.02. The molecular formula is C16H18ClNOS. The molecule has 0 aliphatic heterocycles. The molecule has 0 heterocycles. The van der Waals surface area contributed by atoms with Crippen molar-refractivity contribution in [3.63, 3.8) is 0 Å². The number of halogens is 1. The van der Waals surface area contributed by atoms with Crippen LogP contribution in [0.4, 0.5) is 5.69 Å². The van der Waals surface area contributed by atoms with Crippen molar-refractivity contribution in [2.45, 2.75) is 19.2 Å². The van der Waals surface area contributed by atoms with Gasteiger partial charge in [-0.2, -0.15) is 0 Å². The zero-order valence-corrected chi connectivity index (χ0v) is 13.2. The molecule has 0 amide bonds. The second-order valence-electron chi connectivity index (χ2n) is 4.80. The van der Waals surface area contributed by atoms with Crippen molar-refractivity contribution in [2.24, 2.45) is 0 Å². The minimum atomic E-state index is -0.891. The molecule has 0 bridgehead atoms. The summed E-state index contributed by atoms with van der Waals surface area (Å²) in [5, 5.41) is 4.05. The molecule has 0 spiro atoms. The Morgan fingerprint density at radius 1 is 1.15 bits per heavy atom. The van der Waals surface area contributed by atoms with Crippen LogP contribution < -0.4 is 5.32 Å². The molecule has 0 radical (unpaired) electrons. The number of nitrogens with one attached hydrogen (secondary N) is 1. The topological polar surface area (TPSA) is 29.1 Å². The number of hydrogen-bond donors (Lipinski definition) is 1. The number of benzene rings is 2. The Kier molecular flexibility index (Phi) is 5.21. The smallest absolute Gasteiger partial charge is 0.0498 e. The average molecular weight is 308 g/mol. The van der Waals surface area contributed by atoms with Crippen molar-refractivity contribution < 1.29 is 4.21 Å². The van der Waals surface area contributed by atoms with E-state index in [0.29, 0.717) is 10.8 Å². The quantitative estimate of drug-likeness (QED) is 0.899. The van der Waals surface area contributed by atoms with Crippen LogP contribution in [-0.4, -0.2) is 10.5 Å². The molecule has 106 valence electrons. The first-order chi connectivity index (χ1) is 9.56. The molecule has 0 aliphatic carbocycles. The van der Waals surface area contributed by atoms with Crippen molar-refractivity contribution in [2.75, 3.05) is 11.6 Å². The Morgan fingerprint density at radius 3 is 2.60 bits per heavy atom. The van der Waals surface area contributed by atoms with Crippen LogP contribution in [0.1, 0.15) is 16.7 Å². The predicted molar refractivity (Wildman–Crippen MR) is 87.7 cm³/mol. The summed E-state index contributed by atoms with van der Waals surface area (Å²) in [4.78, 5) is 0. The third kappa shape index (κ3) is 4.09. The van der Waals surface area contributed by atoms with Gasteiger partial charge in [-0.1, -0.05) is 35.9 Å². The normalized spacial score (nSPS) is 12.2. The van der Waals surface area contributed by atoms with Gasteiger partial charge < -0.3 is 5.32 Å². The van der Waals surface area contributed by atoms with E-state index >= 15 is 0 Å². The summed E-state index contributed by atoms with van der Waals surface area (Å²) in [5.41, 5.74) is 4.45. The van der Waals surface area contributed by atoms with Gasteiger partial charge in [-0.05, 0) is 41.8 Å². The lowest BCUT2D eigenvalue weighted by atomic mass is 10.1. The maximum Gasteiger partial charge on any atom is 0.0498 e. The zero-order valence-electron chi connectivity index (χ0n) is 11.7. The van der Waals surface area contributed by atoms with E-state index < -0.39 is 10.8 Å². The summed E-state index contributed by atoms with van der Waals surface area (Å²) in [7, 11) is -0.891. The molecule has 0 aromatic heterocycles. The van der Waals surface area contributed by atoms with Gasteiger partial charge in [0.2, 0.25) is 0 Å². The monoisotopic (exact) mass is 307 g/mol. The molecular weight excluding hydrogens is 290 g/mol. The fourth-order valence-corrected chi connectivity index (χ4v) is 2.96. The fourth-order valence-electron chi connectivity index (χ4n) is 2.02. The number of aryl methyl sites for hydroxylation is 1. The number of anilines is 1. The third-order valence-electron chi connectivity index (χ3n) is 3.15. The second kappa shape index (κ2) is 6.91. The summed E-state index contributed by atoms with van der Waals surface area (Å²) in [6, 6.07) is 14.1. The molecule has 1 N–H and O–H groups in total. The summed E-state index contributed by atoms with van der Waals surface area (Å²) >= 11 is 6.12. The molecule has 0 aliphatic rings. The molecule has 2 aromatic rings. The third-order valence-corrected chi connectivity index (χ3v) is 4.23. The molecule has 0 fully saturated rings. The zero-order chi connectivity index (χ0) is 14.5. The van der Waals surface area contributed by atoms with Crippen LogP contribution in [-0.2, 0) is 23.1 Å². The van der Waals surface area contributed by atoms with Gasteiger partial charge in [-0.25, -0.2) is 0 Å². The number of rotatable bonds is 5. The van der Waals surface area contributed by atoms with E-state index in [4.69, 9.17) is 11.6 Å². The van der Waals surface area contributed by atoms with Crippen LogP contribution in [0.5, 0.6) is 0 Å². The Balaban J connectivity index is 2.10. The molecule has 4 heteroatoms. The highest BCUT2D eigenvalue weighted by atomic mass is 35.5. The van der Waals surface area contributed by atoms with Gasteiger partial charge in [-0.15, -0.1) is 0 Å². The van der Waals surface area contributed by atoms with E-state index in [9.17, 15) is 4.21 Å². The van der Waals surface area contributed by atoms with Gasteiger partial charge in [0.25, 0.3) is 0 Å². The number of hydrogen-bond acceptors (Lipinski definition) is 2. The van der Waals surface area contributed by atoms with Crippen LogP contribution >= 0.6 is 11.6 Å². The van der Waals surface area contributed by atoms with E-state index in [2.05, 4.69) is 24.4 Å². The van der Waals surface area contributed by atoms with Crippen molar-refractivity contribution in [3.05, 3.63) is 64.2 Å². The maximum atomic E-state index is 11.3. The SMILES string of the molecule is Cc1ccccc1CNc1ccc(Cl)c(C[S@@](C)=O)c1. The van der Waals surface area contributed by atoms with E-state index in [-0.39, 0.29) is 0 Å². The van der Waals surface area contributed by atoms with E-state index in [1.807, 2.05) is 30.3 Å². The maximum absolute atomic E-state index is 11.3. The highest BCUT2D eigenvalue weighted by Crippen LogP contribution is 2.22. The highest BCUT2D eigenvalue weighted by Gasteiger charge is 2.05. The van der Waals surface area contributed by atoms with Crippen molar-refractivity contribution in [1.82, 2.24) is 0 Å². The fraction of sp³-hybridized carbons (Fsp3) is 0.250. The highest BCUT2D eigenvalue weighted by molar-refractivity contribution is 7.83. The van der Waals surface area contributed by atoms with Gasteiger partial charge in [0, 0.05) is 40.1 Å². The second-order valence-corrected chi connectivity index (χ2v) is 6.65. The minimum absolute atomic E-state index is 0.485. The van der Waals surface area contributed by atoms with Gasteiger partial charge in [0.15, 0.2) is 0 Å². The van der Waals surface area contributed by atoms with E-state index in [1.54, 1.807) is 6.26 Å². The summed E-state index contributed by atoms with van der Waals surface area (Å²) in [6.07, 6.45) is 1.68. The van der Waals surface area contributed by atoms with E-state index in [1.165, 1.54) is 11.1 Å². The Bertz CT molecular complexity index is 628. The molecule has 0 saturated heterocycles. The van der Waals surface area contributed by atoms with Crippen molar-refractivity contribution >= 4 is 28.1 Å². The van der Waals surface area contributed by atoms with Crippen LogP contribution in [0.15, 0.2) is 42.5 Å². The van der Waals surface area contributed by atoms with Crippen molar-refractivity contribution in [1.29, 1.82) is 0 Å². The molecule has 2 nitrogen and oxygen atoms in total. The Hall–Kier alpha value is -1.32. The van der Waals surface area contributed by atoms with Crippen LogP contribution in [0.3, 0.4) is 0 Å². The Morgan fingerprint density at radius 2 is 1.90 bits per heavy atom. The molecule has 2 rings (SSSR count). The van der Waals surface area contributed by atoms with Crippen LogP contribution in [0.2, 0.25) is 5.02 Å². The average Bonchev–Trinajstić information content (AvgIpc) is 2.40. The van der Waals surface area contributed by atoms with Gasteiger partial charge in [0.05, 0.1) is 0 Å². The summed E-state index contributed by atoms with van der Waals surface area (Å²) in [5.74, 6) is 0.485. The molecule has 0 unspecified atom stereocenters. The predicted octanol–water partition coefficient (Wildman–Crippen LogP) is 4.14. The van der Waals surface area contributed by atoms with Gasteiger partial charge in [-0.3, -0.25) is 4.21 Å². The van der Waals surface area contributed by atoms with E-state index in [0.717, 1.165) is 17.8 Å². The van der Waals surface area contributed by atoms with Gasteiger partial charge >= 0.3 is 0 Å².